The summed E-state index contributed by atoms with van der Waals surface area (Å²) in [7, 11) is 0. The fourth-order valence-electron chi connectivity index (χ4n) is 2.99. The molecule has 0 aliphatic heterocycles. The summed E-state index contributed by atoms with van der Waals surface area (Å²) in [5, 5.41) is 8.27. The van der Waals surface area contributed by atoms with E-state index in [1.54, 1.807) is 23.3 Å². The molecule has 7 heteroatoms. The molecule has 3 heterocycles. The van der Waals surface area contributed by atoms with Crippen molar-refractivity contribution in [2.75, 3.05) is 0 Å². The summed E-state index contributed by atoms with van der Waals surface area (Å²) in [6.07, 6.45) is 5.23. The molecule has 0 bridgehead atoms. The molecular formula is C23H15ClN4OS. The van der Waals surface area contributed by atoms with Crippen molar-refractivity contribution in [3.05, 3.63) is 99.9 Å². The molecule has 30 heavy (non-hydrogen) atoms. The first-order chi connectivity index (χ1) is 14.8. The van der Waals surface area contributed by atoms with Gasteiger partial charge in [-0.2, -0.15) is 5.10 Å². The van der Waals surface area contributed by atoms with Gasteiger partial charge in [-0.1, -0.05) is 48.0 Å². The van der Waals surface area contributed by atoms with Crippen LogP contribution in [0.25, 0.3) is 22.4 Å². The number of hydrogen-bond donors (Lipinski definition) is 0. The van der Waals surface area contributed by atoms with Crippen molar-refractivity contribution >= 4 is 45.8 Å². The van der Waals surface area contributed by atoms with Gasteiger partial charge in [-0.15, -0.1) is 11.3 Å². The van der Waals surface area contributed by atoms with Crippen LogP contribution >= 0.6 is 22.9 Å². The number of fused-ring (bicyclic) bond motifs is 1. The van der Waals surface area contributed by atoms with Gasteiger partial charge in [0.15, 0.2) is 5.76 Å². The Hall–Kier alpha value is -3.48. The smallest absolute Gasteiger partial charge is 0.211 e. The molecule has 0 spiro atoms. The topological polar surface area (TPSA) is 55.7 Å². The summed E-state index contributed by atoms with van der Waals surface area (Å²) < 4.78 is 7.83. The van der Waals surface area contributed by atoms with Gasteiger partial charge in [-0.3, -0.25) is 4.98 Å². The molecule has 0 saturated heterocycles. The van der Waals surface area contributed by atoms with Crippen molar-refractivity contribution in [1.29, 1.82) is 0 Å². The fraction of sp³-hybridized carbons (Fsp3) is 0. The second kappa shape index (κ2) is 8.10. The maximum absolute atomic E-state index is 6.31. The number of halogens is 1. The van der Waals surface area contributed by atoms with Crippen LogP contribution in [-0.4, -0.2) is 15.9 Å². The van der Waals surface area contributed by atoms with Crippen molar-refractivity contribution in [1.82, 2.24) is 9.66 Å². The van der Waals surface area contributed by atoms with E-state index in [2.05, 4.69) is 10.1 Å². The molecule has 146 valence electrons. The number of nitrogens with zero attached hydrogens (tertiary/aromatic N) is 4. The summed E-state index contributed by atoms with van der Waals surface area (Å²) in [5.41, 5.74) is 3.20. The highest BCUT2D eigenvalue weighted by molar-refractivity contribution is 7.07. The van der Waals surface area contributed by atoms with Crippen molar-refractivity contribution in [3.63, 3.8) is 0 Å². The van der Waals surface area contributed by atoms with Crippen LogP contribution in [0.3, 0.4) is 0 Å². The van der Waals surface area contributed by atoms with Crippen LogP contribution < -0.4 is 4.80 Å². The third-order valence-electron chi connectivity index (χ3n) is 4.44. The van der Waals surface area contributed by atoms with E-state index in [1.165, 1.54) is 11.3 Å². The van der Waals surface area contributed by atoms with Gasteiger partial charge in [0.2, 0.25) is 4.80 Å². The lowest BCUT2D eigenvalue weighted by Crippen LogP contribution is -2.11. The second-order valence-corrected chi connectivity index (χ2v) is 7.70. The zero-order valence-corrected chi connectivity index (χ0v) is 17.2. The van der Waals surface area contributed by atoms with Crippen molar-refractivity contribution in [2.24, 2.45) is 10.1 Å². The predicted molar refractivity (Wildman–Crippen MR) is 121 cm³/mol. The molecule has 0 saturated carbocycles. The van der Waals surface area contributed by atoms with Gasteiger partial charge in [0, 0.05) is 28.7 Å². The number of thiazole rings is 1. The Bertz CT molecular complexity index is 1380. The molecular weight excluding hydrogens is 416 g/mol. The quantitative estimate of drug-likeness (QED) is 0.322. The Labute approximate surface area is 181 Å². The first-order valence-corrected chi connectivity index (χ1v) is 10.5. The van der Waals surface area contributed by atoms with E-state index in [-0.39, 0.29) is 0 Å². The average molecular weight is 431 g/mol. The molecule has 0 fully saturated rings. The summed E-state index contributed by atoms with van der Waals surface area (Å²) in [4.78, 5) is 9.55. The Kier molecular flexibility index (Phi) is 5.01. The normalized spacial score (nSPS) is 12.2. The Morgan fingerprint density at radius 1 is 1.03 bits per heavy atom. The number of furan rings is 1. The molecule has 2 aromatic carbocycles. The number of hydrogen-bond acceptors (Lipinski definition) is 5. The molecule has 0 radical (unpaired) electrons. The molecule has 3 aromatic heterocycles. The first kappa shape index (κ1) is 18.5. The fourth-order valence-corrected chi connectivity index (χ4v) is 4.00. The van der Waals surface area contributed by atoms with Gasteiger partial charge < -0.3 is 4.42 Å². The van der Waals surface area contributed by atoms with Crippen LogP contribution in [0.4, 0.5) is 5.69 Å². The summed E-state index contributed by atoms with van der Waals surface area (Å²) in [6.45, 7) is 0. The zero-order valence-electron chi connectivity index (χ0n) is 15.6. The maximum atomic E-state index is 6.31. The highest BCUT2D eigenvalue weighted by Gasteiger charge is 2.13. The van der Waals surface area contributed by atoms with E-state index in [1.807, 2.05) is 72.1 Å². The molecule has 5 nitrogen and oxygen atoms in total. The average Bonchev–Trinajstić information content (AvgIpc) is 3.38. The third-order valence-corrected chi connectivity index (χ3v) is 5.57. The van der Waals surface area contributed by atoms with E-state index in [4.69, 9.17) is 21.0 Å². The van der Waals surface area contributed by atoms with Crippen LogP contribution in [0.5, 0.6) is 0 Å². The van der Waals surface area contributed by atoms with Crippen LogP contribution in [-0.2, 0) is 0 Å². The van der Waals surface area contributed by atoms with Gasteiger partial charge in [0.1, 0.15) is 11.3 Å². The van der Waals surface area contributed by atoms with Crippen LogP contribution in [0.15, 0.2) is 99.0 Å². The molecule has 0 unspecified atom stereocenters. The number of aromatic nitrogens is 2. The minimum atomic E-state index is 0.582. The highest BCUT2D eigenvalue weighted by atomic mass is 35.5. The number of rotatable bonds is 4. The second-order valence-electron chi connectivity index (χ2n) is 6.46. The van der Waals surface area contributed by atoms with Gasteiger partial charge >= 0.3 is 0 Å². The number of para-hydroxylation sites is 2. The Balaban J connectivity index is 1.68. The van der Waals surface area contributed by atoms with Crippen molar-refractivity contribution < 1.29 is 4.42 Å². The summed E-state index contributed by atoms with van der Waals surface area (Å²) >= 11 is 7.78. The maximum Gasteiger partial charge on any atom is 0.211 e. The molecule has 5 aromatic rings. The number of benzene rings is 2. The van der Waals surface area contributed by atoms with Crippen LogP contribution in [0.1, 0.15) is 5.56 Å². The zero-order chi connectivity index (χ0) is 20.3. The van der Waals surface area contributed by atoms with Crippen LogP contribution in [0.2, 0.25) is 5.02 Å². The molecule has 0 amide bonds. The van der Waals surface area contributed by atoms with Gasteiger partial charge in [0.25, 0.3) is 0 Å². The Morgan fingerprint density at radius 3 is 2.73 bits per heavy atom. The lowest BCUT2D eigenvalue weighted by atomic mass is 10.2. The lowest BCUT2D eigenvalue weighted by molar-refractivity contribution is 0.622. The lowest BCUT2D eigenvalue weighted by Gasteiger charge is -2.01. The summed E-state index contributed by atoms with van der Waals surface area (Å²) in [5.74, 6) is 0.719. The van der Waals surface area contributed by atoms with Gasteiger partial charge in [-0.25, -0.2) is 9.67 Å². The molecule has 5 rings (SSSR count). The van der Waals surface area contributed by atoms with E-state index < -0.39 is 0 Å². The van der Waals surface area contributed by atoms with Gasteiger partial charge in [0.05, 0.1) is 16.9 Å². The predicted octanol–water partition coefficient (Wildman–Crippen LogP) is 6.13. The molecule has 0 aliphatic carbocycles. The van der Waals surface area contributed by atoms with E-state index >= 15 is 0 Å². The van der Waals surface area contributed by atoms with Gasteiger partial charge in [-0.05, 0) is 30.3 Å². The standard InChI is InChI=1S/C23H15ClN4OS/c24-18-8-2-3-9-19(18)27-23-28(26-14-16-6-5-11-25-13-16)20(15-30-23)22-12-17-7-1-4-10-21(17)29-22/h1-15H. The monoisotopic (exact) mass is 430 g/mol. The molecule has 0 atom stereocenters. The highest BCUT2D eigenvalue weighted by Crippen LogP contribution is 2.29. The Morgan fingerprint density at radius 2 is 1.90 bits per heavy atom. The summed E-state index contributed by atoms with van der Waals surface area (Å²) in [6, 6.07) is 21.2. The third kappa shape index (κ3) is 3.70. The first-order valence-electron chi connectivity index (χ1n) is 9.21. The minimum Gasteiger partial charge on any atom is -0.454 e. The van der Waals surface area contributed by atoms with E-state index in [9.17, 15) is 0 Å². The minimum absolute atomic E-state index is 0.582. The van der Waals surface area contributed by atoms with Crippen molar-refractivity contribution in [3.8, 4) is 11.5 Å². The van der Waals surface area contributed by atoms with Crippen molar-refractivity contribution in [2.45, 2.75) is 0 Å². The largest absolute Gasteiger partial charge is 0.454 e. The number of pyridine rings is 1. The van der Waals surface area contributed by atoms with Crippen LogP contribution in [0, 0.1) is 0 Å². The SMILES string of the molecule is Clc1ccccc1N=c1scc(-c2cc3ccccc3o2)n1N=Cc1cccnc1. The van der Waals surface area contributed by atoms with E-state index in [0.717, 1.165) is 28.0 Å². The van der Waals surface area contributed by atoms with E-state index in [0.29, 0.717) is 15.5 Å². The molecule has 0 aliphatic rings. The molecule has 0 N–H and O–H groups in total.